The quantitative estimate of drug-likeness (QED) is 0.816. The van der Waals surface area contributed by atoms with E-state index in [4.69, 9.17) is 16.7 Å². The van der Waals surface area contributed by atoms with E-state index in [1.165, 1.54) is 0 Å². The second-order valence-electron chi connectivity index (χ2n) is 6.79. The van der Waals surface area contributed by atoms with Crippen molar-refractivity contribution in [3.05, 3.63) is 70.7 Å². The summed E-state index contributed by atoms with van der Waals surface area (Å²) < 4.78 is 0. The molecule has 3 rings (SSSR count). The van der Waals surface area contributed by atoms with Gasteiger partial charge in [0.25, 0.3) is 0 Å². The molecule has 1 aliphatic rings. The van der Waals surface area contributed by atoms with Crippen LogP contribution >= 0.6 is 11.6 Å². The van der Waals surface area contributed by atoms with Gasteiger partial charge in [-0.05, 0) is 48.9 Å². The minimum atomic E-state index is -0.759. The van der Waals surface area contributed by atoms with E-state index in [9.17, 15) is 9.59 Å². The minimum Gasteiger partial charge on any atom is -0.481 e. The summed E-state index contributed by atoms with van der Waals surface area (Å²) in [4.78, 5) is 23.9. The molecule has 0 aliphatic heterocycles. The van der Waals surface area contributed by atoms with Crippen molar-refractivity contribution in [3.63, 3.8) is 0 Å². The smallest absolute Gasteiger partial charge is 0.306 e. The molecule has 1 atom stereocenters. The fraction of sp³-hybridized carbons (Fsp3) is 0.333. The molecule has 0 radical (unpaired) electrons. The Morgan fingerprint density at radius 2 is 1.54 bits per heavy atom. The molecule has 0 bridgehead atoms. The topological polar surface area (TPSA) is 66.4 Å². The third-order valence-electron chi connectivity index (χ3n) is 5.05. The number of hydrogen-bond donors (Lipinski definition) is 2. The number of halogens is 1. The van der Waals surface area contributed by atoms with Gasteiger partial charge in [-0.3, -0.25) is 9.59 Å². The highest BCUT2D eigenvalue weighted by Crippen LogP contribution is 2.31. The Bertz CT molecular complexity index is 770. The predicted molar refractivity (Wildman–Crippen MR) is 101 cm³/mol. The Morgan fingerprint density at radius 1 is 0.923 bits per heavy atom. The van der Waals surface area contributed by atoms with Crippen LogP contribution in [0.2, 0.25) is 5.02 Å². The molecule has 0 spiro atoms. The van der Waals surface area contributed by atoms with E-state index in [1.807, 2.05) is 54.6 Å². The number of nitrogens with one attached hydrogen (secondary N) is 1. The summed E-state index contributed by atoms with van der Waals surface area (Å²) in [6.07, 6.45) is 2.33. The highest BCUT2D eigenvalue weighted by atomic mass is 35.5. The van der Waals surface area contributed by atoms with E-state index in [-0.39, 0.29) is 23.8 Å². The Hall–Kier alpha value is -2.33. The molecule has 0 aromatic heterocycles. The van der Waals surface area contributed by atoms with Crippen LogP contribution in [-0.2, 0) is 9.59 Å². The first-order valence-corrected chi connectivity index (χ1v) is 9.26. The summed E-state index contributed by atoms with van der Waals surface area (Å²) in [7, 11) is 0. The average molecular weight is 372 g/mol. The molecule has 26 heavy (non-hydrogen) atoms. The molecule has 5 heteroatoms. The van der Waals surface area contributed by atoms with E-state index in [0.717, 1.165) is 11.1 Å². The maximum Gasteiger partial charge on any atom is 0.306 e. The van der Waals surface area contributed by atoms with Gasteiger partial charge in [-0.1, -0.05) is 54.1 Å². The fourth-order valence-electron chi connectivity index (χ4n) is 3.55. The number of hydrogen-bond acceptors (Lipinski definition) is 2. The van der Waals surface area contributed by atoms with Gasteiger partial charge < -0.3 is 10.4 Å². The maximum absolute atomic E-state index is 12.8. The van der Waals surface area contributed by atoms with Crippen LogP contribution in [-0.4, -0.2) is 17.0 Å². The summed E-state index contributed by atoms with van der Waals surface area (Å²) in [6, 6.07) is 17.0. The monoisotopic (exact) mass is 371 g/mol. The lowest BCUT2D eigenvalue weighted by atomic mass is 9.81. The van der Waals surface area contributed by atoms with Crippen LogP contribution in [0.25, 0.3) is 0 Å². The molecule has 0 saturated heterocycles. The number of carboxylic acids is 1. The Labute approximate surface area is 158 Å². The SMILES string of the molecule is O=C(O)C1CCC(C(=O)NC(c2ccccc2)c2cccc(Cl)c2)CC1. The van der Waals surface area contributed by atoms with Crippen molar-refractivity contribution < 1.29 is 14.7 Å². The molecule has 0 heterocycles. The molecule has 2 aromatic carbocycles. The lowest BCUT2D eigenvalue weighted by molar-refractivity contribution is -0.144. The van der Waals surface area contributed by atoms with Gasteiger partial charge in [-0.2, -0.15) is 0 Å². The molecular formula is C21H22ClNO3. The largest absolute Gasteiger partial charge is 0.481 e. The highest BCUT2D eigenvalue weighted by Gasteiger charge is 2.31. The van der Waals surface area contributed by atoms with Crippen molar-refractivity contribution in [1.29, 1.82) is 0 Å². The summed E-state index contributed by atoms with van der Waals surface area (Å²) in [5.74, 6) is -1.25. The van der Waals surface area contributed by atoms with Gasteiger partial charge in [0.15, 0.2) is 0 Å². The van der Waals surface area contributed by atoms with Crippen molar-refractivity contribution >= 4 is 23.5 Å². The standard InChI is InChI=1S/C21H22ClNO3/c22-18-8-4-7-17(13-18)19(14-5-2-1-3-6-14)23-20(24)15-9-11-16(12-10-15)21(25)26/h1-8,13,15-16,19H,9-12H2,(H,23,24)(H,25,26). The van der Waals surface area contributed by atoms with Gasteiger partial charge in [0.1, 0.15) is 0 Å². The Balaban J connectivity index is 1.76. The second kappa shape index (κ2) is 8.37. The van der Waals surface area contributed by atoms with Gasteiger partial charge in [-0.15, -0.1) is 0 Å². The molecule has 4 nitrogen and oxygen atoms in total. The van der Waals surface area contributed by atoms with E-state index >= 15 is 0 Å². The van der Waals surface area contributed by atoms with E-state index < -0.39 is 5.97 Å². The summed E-state index contributed by atoms with van der Waals surface area (Å²) in [5, 5.41) is 12.9. The normalized spacial score (nSPS) is 21.0. The third-order valence-corrected chi connectivity index (χ3v) is 5.28. The average Bonchev–Trinajstić information content (AvgIpc) is 2.66. The predicted octanol–water partition coefficient (Wildman–Crippen LogP) is 4.44. The van der Waals surface area contributed by atoms with Gasteiger partial charge in [0.05, 0.1) is 12.0 Å². The number of carbonyl (C=O) groups is 2. The number of aliphatic carboxylic acids is 1. The van der Waals surface area contributed by atoms with Gasteiger partial charge >= 0.3 is 5.97 Å². The number of carboxylic acid groups (broad SMARTS) is 1. The zero-order valence-electron chi connectivity index (χ0n) is 14.4. The number of rotatable bonds is 5. The van der Waals surface area contributed by atoms with E-state index in [0.29, 0.717) is 30.7 Å². The summed E-state index contributed by atoms with van der Waals surface area (Å²) in [6.45, 7) is 0. The van der Waals surface area contributed by atoms with Crippen LogP contribution in [0.15, 0.2) is 54.6 Å². The van der Waals surface area contributed by atoms with Crippen molar-refractivity contribution in [2.75, 3.05) is 0 Å². The van der Waals surface area contributed by atoms with Crippen molar-refractivity contribution in [2.24, 2.45) is 11.8 Å². The first-order chi connectivity index (χ1) is 12.5. The van der Waals surface area contributed by atoms with Gasteiger partial charge in [0, 0.05) is 10.9 Å². The first-order valence-electron chi connectivity index (χ1n) is 8.88. The maximum atomic E-state index is 12.8. The van der Waals surface area contributed by atoms with Gasteiger partial charge in [0.2, 0.25) is 5.91 Å². The van der Waals surface area contributed by atoms with Crippen LogP contribution in [0.5, 0.6) is 0 Å². The molecule has 1 fully saturated rings. The Kier molecular flexibility index (Phi) is 5.94. The second-order valence-corrected chi connectivity index (χ2v) is 7.23. The molecule has 2 aromatic rings. The third kappa shape index (κ3) is 4.44. The lowest BCUT2D eigenvalue weighted by Gasteiger charge is -2.28. The van der Waals surface area contributed by atoms with Crippen molar-refractivity contribution in [2.45, 2.75) is 31.7 Å². The number of amides is 1. The zero-order valence-corrected chi connectivity index (χ0v) is 15.2. The van der Waals surface area contributed by atoms with Crippen LogP contribution in [0.4, 0.5) is 0 Å². The zero-order chi connectivity index (χ0) is 18.5. The van der Waals surface area contributed by atoms with Crippen LogP contribution in [0.1, 0.15) is 42.9 Å². The Morgan fingerprint density at radius 3 is 2.15 bits per heavy atom. The molecule has 1 amide bonds. The molecular weight excluding hydrogens is 350 g/mol. The molecule has 2 N–H and O–H groups in total. The number of carbonyl (C=O) groups excluding carboxylic acids is 1. The molecule has 1 aliphatic carbocycles. The van der Waals surface area contributed by atoms with E-state index in [2.05, 4.69) is 5.32 Å². The van der Waals surface area contributed by atoms with Crippen molar-refractivity contribution in [3.8, 4) is 0 Å². The summed E-state index contributed by atoms with van der Waals surface area (Å²) >= 11 is 6.14. The van der Waals surface area contributed by atoms with Crippen LogP contribution in [0.3, 0.4) is 0 Å². The van der Waals surface area contributed by atoms with E-state index in [1.54, 1.807) is 0 Å². The molecule has 1 saturated carbocycles. The highest BCUT2D eigenvalue weighted by molar-refractivity contribution is 6.30. The van der Waals surface area contributed by atoms with Crippen LogP contribution < -0.4 is 5.32 Å². The van der Waals surface area contributed by atoms with Gasteiger partial charge in [-0.25, -0.2) is 0 Å². The fourth-order valence-corrected chi connectivity index (χ4v) is 3.75. The lowest BCUT2D eigenvalue weighted by Crippen LogP contribution is -2.37. The van der Waals surface area contributed by atoms with Crippen LogP contribution in [0, 0.1) is 11.8 Å². The number of benzene rings is 2. The summed E-state index contributed by atoms with van der Waals surface area (Å²) in [5.41, 5.74) is 1.92. The first kappa shape index (κ1) is 18.5. The van der Waals surface area contributed by atoms with Crippen molar-refractivity contribution in [1.82, 2.24) is 5.32 Å². The molecule has 1 unspecified atom stereocenters. The minimum absolute atomic E-state index is 0.0253. The molecule has 136 valence electrons.